The highest BCUT2D eigenvalue weighted by Gasteiger charge is 2.15. The Kier molecular flexibility index (Phi) is 3.74. The van der Waals surface area contributed by atoms with Crippen molar-refractivity contribution in [3.8, 4) is 0 Å². The molecule has 3 heteroatoms. The van der Waals surface area contributed by atoms with E-state index in [4.69, 9.17) is 0 Å². The van der Waals surface area contributed by atoms with Crippen LogP contribution in [0.2, 0.25) is 0 Å². The minimum atomic E-state index is -0.551. The van der Waals surface area contributed by atoms with Gasteiger partial charge in [-0.15, -0.1) is 0 Å². The molecule has 14 heavy (non-hydrogen) atoms. The molecule has 0 aliphatic heterocycles. The summed E-state index contributed by atoms with van der Waals surface area (Å²) in [6.45, 7) is 3.68. The zero-order valence-corrected chi connectivity index (χ0v) is 7.85. The molecule has 0 atom stereocenters. The molecule has 0 fully saturated rings. The van der Waals surface area contributed by atoms with Crippen molar-refractivity contribution in [2.24, 2.45) is 0 Å². The van der Waals surface area contributed by atoms with Crippen molar-refractivity contribution in [2.45, 2.75) is 25.7 Å². The molecule has 0 N–H and O–H groups in total. The molecule has 0 aromatic carbocycles. The monoisotopic (exact) mass is 198 g/mol. The molecule has 0 radical (unpaired) electrons. The second-order valence-corrected chi connectivity index (χ2v) is 3.23. The van der Waals surface area contributed by atoms with Crippen LogP contribution in [0, 0.1) is 0 Å². The molecule has 0 unspecified atom stereocenters. The lowest BCUT2D eigenvalue weighted by Gasteiger charge is -2.13. The summed E-state index contributed by atoms with van der Waals surface area (Å²) in [4.78, 5) is 10.1. The van der Waals surface area contributed by atoms with Crippen LogP contribution in [0.1, 0.15) is 25.7 Å². The number of hydrogen-bond acceptors (Lipinski definition) is 1. The normalized spacial score (nSPS) is 16.6. The van der Waals surface area contributed by atoms with E-state index in [1.807, 2.05) is 0 Å². The first-order valence-corrected chi connectivity index (χ1v) is 4.51. The third-order valence-electron chi connectivity index (χ3n) is 2.18. The van der Waals surface area contributed by atoms with E-state index in [0.29, 0.717) is 30.4 Å². The number of hydrogen-bond donors (Lipinski definition) is 0. The van der Waals surface area contributed by atoms with Crippen LogP contribution in [0.3, 0.4) is 0 Å². The number of allylic oxidation sites excluding steroid dienone is 5. The van der Waals surface area contributed by atoms with Gasteiger partial charge in [-0.3, -0.25) is 0 Å². The quantitative estimate of drug-likeness (QED) is 0.633. The Balaban J connectivity index is 2.72. The van der Waals surface area contributed by atoms with Crippen LogP contribution in [-0.4, -0.2) is 6.29 Å². The molecule has 0 amide bonds. The molecule has 1 nitrogen and oxygen atoms in total. The fraction of sp³-hybridized carbons (Fsp3) is 0.364. The van der Waals surface area contributed by atoms with E-state index in [0.717, 1.165) is 12.4 Å². The Hall–Kier alpha value is -1.25. The van der Waals surface area contributed by atoms with Gasteiger partial charge in [0.1, 0.15) is 17.9 Å². The first-order valence-electron chi connectivity index (χ1n) is 4.51. The van der Waals surface area contributed by atoms with Crippen LogP contribution in [0.25, 0.3) is 0 Å². The zero-order chi connectivity index (χ0) is 10.6. The Bertz CT molecular complexity index is 313. The van der Waals surface area contributed by atoms with Crippen LogP contribution in [0.5, 0.6) is 0 Å². The summed E-state index contributed by atoms with van der Waals surface area (Å²) in [5.74, 6) is -0.987. The molecule has 0 bridgehead atoms. The van der Waals surface area contributed by atoms with Gasteiger partial charge in [-0.2, -0.15) is 0 Å². The van der Waals surface area contributed by atoms with Gasteiger partial charge in [0.25, 0.3) is 0 Å². The topological polar surface area (TPSA) is 17.1 Å². The predicted octanol–water partition coefficient (Wildman–Crippen LogP) is 3.39. The maximum absolute atomic E-state index is 13.2. The highest BCUT2D eigenvalue weighted by Crippen LogP contribution is 2.31. The predicted molar refractivity (Wildman–Crippen MR) is 51.0 cm³/mol. The van der Waals surface area contributed by atoms with E-state index in [2.05, 4.69) is 6.58 Å². The van der Waals surface area contributed by atoms with Crippen molar-refractivity contribution >= 4 is 6.29 Å². The van der Waals surface area contributed by atoms with Crippen LogP contribution in [-0.2, 0) is 4.79 Å². The molecule has 0 aromatic rings. The van der Waals surface area contributed by atoms with E-state index >= 15 is 0 Å². The highest BCUT2D eigenvalue weighted by molar-refractivity contribution is 5.51. The summed E-state index contributed by atoms with van der Waals surface area (Å²) < 4.78 is 25.8. The molecule has 0 aromatic heterocycles. The highest BCUT2D eigenvalue weighted by atomic mass is 19.1. The van der Waals surface area contributed by atoms with Gasteiger partial charge in [-0.05, 0) is 24.0 Å². The summed E-state index contributed by atoms with van der Waals surface area (Å²) in [7, 11) is 0. The van der Waals surface area contributed by atoms with Gasteiger partial charge in [-0.1, -0.05) is 6.58 Å². The Labute approximate surface area is 81.8 Å². The zero-order valence-electron chi connectivity index (χ0n) is 7.85. The summed E-state index contributed by atoms with van der Waals surface area (Å²) in [5, 5.41) is 0. The van der Waals surface area contributed by atoms with Gasteiger partial charge in [0.05, 0.1) is 0 Å². The van der Waals surface area contributed by atoms with Crippen molar-refractivity contribution in [1.82, 2.24) is 0 Å². The average molecular weight is 198 g/mol. The molecule has 0 saturated heterocycles. The maximum atomic E-state index is 13.2. The maximum Gasteiger partial charge on any atom is 0.129 e. The molecule has 76 valence electrons. The van der Waals surface area contributed by atoms with Crippen LogP contribution in [0.15, 0.2) is 35.5 Å². The van der Waals surface area contributed by atoms with Crippen LogP contribution < -0.4 is 0 Å². The largest absolute Gasteiger partial charge is 0.303 e. The number of aldehydes is 1. The number of carbonyl (C=O) groups is 1. The van der Waals surface area contributed by atoms with Crippen LogP contribution >= 0.6 is 0 Å². The van der Waals surface area contributed by atoms with Crippen molar-refractivity contribution in [1.29, 1.82) is 0 Å². The molecular weight excluding hydrogens is 186 g/mol. The molecule has 0 saturated carbocycles. The van der Waals surface area contributed by atoms with Crippen molar-refractivity contribution < 1.29 is 13.6 Å². The smallest absolute Gasteiger partial charge is 0.129 e. The van der Waals surface area contributed by atoms with E-state index in [-0.39, 0.29) is 6.42 Å². The van der Waals surface area contributed by atoms with Gasteiger partial charge in [0.2, 0.25) is 0 Å². The minimum absolute atomic E-state index is 0.225. The molecule has 0 heterocycles. The van der Waals surface area contributed by atoms with Crippen molar-refractivity contribution in [2.75, 3.05) is 0 Å². The lowest BCUT2D eigenvalue weighted by molar-refractivity contribution is -0.107. The fourth-order valence-corrected chi connectivity index (χ4v) is 1.39. The van der Waals surface area contributed by atoms with Crippen molar-refractivity contribution in [3.05, 3.63) is 35.5 Å². The first-order chi connectivity index (χ1) is 6.65. The third-order valence-corrected chi connectivity index (χ3v) is 2.18. The number of carbonyl (C=O) groups excluding carboxylic acids is 1. The fourth-order valence-electron chi connectivity index (χ4n) is 1.39. The Morgan fingerprint density at radius 3 is 2.79 bits per heavy atom. The molecule has 1 aliphatic carbocycles. The lowest BCUT2D eigenvalue weighted by Crippen LogP contribution is -1.98. The Morgan fingerprint density at radius 2 is 2.21 bits per heavy atom. The Morgan fingerprint density at radius 1 is 1.50 bits per heavy atom. The van der Waals surface area contributed by atoms with Gasteiger partial charge >= 0.3 is 0 Å². The van der Waals surface area contributed by atoms with Gasteiger partial charge in [0, 0.05) is 18.9 Å². The number of rotatable bonds is 4. The molecular formula is C11H12F2O. The van der Waals surface area contributed by atoms with Gasteiger partial charge in [0.15, 0.2) is 0 Å². The van der Waals surface area contributed by atoms with Gasteiger partial charge in [-0.25, -0.2) is 8.78 Å². The van der Waals surface area contributed by atoms with E-state index in [1.54, 1.807) is 0 Å². The third kappa shape index (κ3) is 2.62. The second-order valence-electron chi connectivity index (χ2n) is 3.23. The van der Waals surface area contributed by atoms with E-state index in [9.17, 15) is 13.6 Å². The van der Waals surface area contributed by atoms with Gasteiger partial charge < -0.3 is 4.79 Å². The SMILES string of the molecule is C=C(CCC=O)C1=C(F)C=C(F)CC1. The molecule has 1 rings (SSSR count). The number of halogens is 2. The van der Waals surface area contributed by atoms with Crippen molar-refractivity contribution in [3.63, 3.8) is 0 Å². The summed E-state index contributed by atoms with van der Waals surface area (Å²) in [5.41, 5.74) is 1.05. The first kappa shape index (κ1) is 10.8. The standard InChI is InChI=1S/C11H12F2O/c1-8(3-2-6-14)10-5-4-9(12)7-11(10)13/h6-7H,1-5H2. The average Bonchev–Trinajstić information content (AvgIpc) is 2.14. The lowest BCUT2D eigenvalue weighted by atomic mass is 9.94. The molecule has 1 aliphatic rings. The van der Waals surface area contributed by atoms with E-state index in [1.165, 1.54) is 0 Å². The molecule has 0 spiro atoms. The summed E-state index contributed by atoms with van der Waals surface area (Å²) >= 11 is 0. The summed E-state index contributed by atoms with van der Waals surface area (Å²) in [6, 6.07) is 0. The van der Waals surface area contributed by atoms with E-state index < -0.39 is 11.7 Å². The van der Waals surface area contributed by atoms with Crippen LogP contribution in [0.4, 0.5) is 8.78 Å². The minimum Gasteiger partial charge on any atom is -0.303 e. The second kappa shape index (κ2) is 4.84. The summed E-state index contributed by atoms with van der Waals surface area (Å²) in [6.07, 6.45) is 3.01.